The van der Waals surface area contributed by atoms with Crippen LogP contribution in [0.25, 0.3) is 10.1 Å². The molecule has 0 aliphatic rings. The lowest BCUT2D eigenvalue weighted by Gasteiger charge is -2.16. The highest BCUT2D eigenvalue weighted by molar-refractivity contribution is 7.19. The third-order valence-corrected chi connectivity index (χ3v) is 4.94. The summed E-state index contributed by atoms with van der Waals surface area (Å²) in [5, 5.41) is 2.62. The van der Waals surface area contributed by atoms with Gasteiger partial charge in [-0.1, -0.05) is 41.4 Å². The lowest BCUT2D eigenvalue weighted by molar-refractivity contribution is 0.0473. The van der Waals surface area contributed by atoms with Crippen molar-refractivity contribution in [1.82, 2.24) is 0 Å². The first-order valence-corrected chi connectivity index (χ1v) is 8.48. The molecule has 0 saturated carbocycles. The number of thiophene rings is 1. The van der Waals surface area contributed by atoms with Crippen molar-refractivity contribution in [3.05, 3.63) is 69.0 Å². The number of hydrogen-bond donors (Lipinski definition) is 1. The Hall–Kier alpha value is -1.10. The third-order valence-electron chi connectivity index (χ3n) is 3.39. The average Bonchev–Trinajstić information content (AvgIpc) is 2.90. The first-order valence-electron chi connectivity index (χ1n) is 6.91. The van der Waals surface area contributed by atoms with Gasteiger partial charge >= 0.3 is 0 Å². The fraction of sp³-hybridized carbons (Fsp3) is 0.176. The molecule has 0 fully saturated rings. The van der Waals surface area contributed by atoms with E-state index in [-0.39, 0.29) is 6.10 Å². The molecular weight excluding hydrogens is 337 g/mol. The molecule has 3 aromatic rings. The maximum Gasteiger partial charge on any atom is 0.0952 e. The monoisotopic (exact) mass is 351 g/mol. The van der Waals surface area contributed by atoms with Crippen LogP contribution in [0.3, 0.4) is 0 Å². The van der Waals surface area contributed by atoms with Gasteiger partial charge in [-0.05, 0) is 41.3 Å². The van der Waals surface area contributed by atoms with Crippen LogP contribution in [0, 0.1) is 0 Å². The molecule has 0 aliphatic heterocycles. The van der Waals surface area contributed by atoms with Crippen molar-refractivity contribution in [3.8, 4) is 0 Å². The van der Waals surface area contributed by atoms with E-state index in [2.05, 4.69) is 6.07 Å². The maximum absolute atomic E-state index is 6.02. The zero-order valence-corrected chi connectivity index (χ0v) is 14.1. The fourth-order valence-corrected chi connectivity index (χ4v) is 3.78. The van der Waals surface area contributed by atoms with Gasteiger partial charge < -0.3 is 10.5 Å². The lowest BCUT2D eigenvalue weighted by atomic mass is 10.1. The number of rotatable bonds is 5. The van der Waals surface area contributed by atoms with Gasteiger partial charge in [-0.2, -0.15) is 0 Å². The van der Waals surface area contributed by atoms with Gasteiger partial charge in [0.2, 0.25) is 0 Å². The lowest BCUT2D eigenvalue weighted by Crippen LogP contribution is -2.15. The number of benzene rings is 2. The van der Waals surface area contributed by atoms with E-state index >= 15 is 0 Å². The van der Waals surface area contributed by atoms with Gasteiger partial charge in [0.25, 0.3) is 0 Å². The van der Waals surface area contributed by atoms with Gasteiger partial charge in [0, 0.05) is 26.2 Å². The Bertz CT molecular complexity index is 787. The molecule has 0 bridgehead atoms. The minimum atomic E-state index is -0.160. The zero-order chi connectivity index (χ0) is 15.5. The summed E-state index contributed by atoms with van der Waals surface area (Å²) >= 11 is 13.7. The topological polar surface area (TPSA) is 35.2 Å². The van der Waals surface area contributed by atoms with Crippen molar-refractivity contribution >= 4 is 44.6 Å². The molecular formula is C17H15Cl2NOS. The normalized spacial score (nSPS) is 12.7. The van der Waals surface area contributed by atoms with Crippen LogP contribution in [0.1, 0.15) is 16.5 Å². The van der Waals surface area contributed by atoms with Crippen molar-refractivity contribution in [2.24, 2.45) is 5.73 Å². The van der Waals surface area contributed by atoms with E-state index < -0.39 is 0 Å². The van der Waals surface area contributed by atoms with Gasteiger partial charge in [0.15, 0.2) is 0 Å². The van der Waals surface area contributed by atoms with Crippen LogP contribution in [0.2, 0.25) is 10.0 Å². The maximum atomic E-state index is 6.02. The van der Waals surface area contributed by atoms with Crippen LogP contribution in [0.4, 0.5) is 0 Å². The molecule has 22 heavy (non-hydrogen) atoms. The standard InChI is InChI=1S/C17H15Cl2NOS/c18-13-3-1-2-11(6-13)16(9-20)21-10-15-7-12-4-5-14(19)8-17(12)22-15/h1-8,16H,9-10,20H2/t16-/m0/s1. The summed E-state index contributed by atoms with van der Waals surface area (Å²) in [6.07, 6.45) is -0.160. The molecule has 0 radical (unpaired) electrons. The quantitative estimate of drug-likeness (QED) is 0.665. The van der Waals surface area contributed by atoms with Gasteiger partial charge in [-0.15, -0.1) is 11.3 Å². The van der Waals surface area contributed by atoms with Gasteiger partial charge in [-0.25, -0.2) is 0 Å². The number of halogens is 2. The Morgan fingerprint density at radius 3 is 2.64 bits per heavy atom. The molecule has 114 valence electrons. The van der Waals surface area contributed by atoms with Crippen LogP contribution < -0.4 is 5.73 Å². The second-order valence-corrected chi connectivity index (χ2v) is 7.03. The Kier molecular flexibility index (Phi) is 5.01. The second kappa shape index (κ2) is 6.99. The Morgan fingerprint density at radius 1 is 1.05 bits per heavy atom. The average molecular weight is 352 g/mol. The smallest absolute Gasteiger partial charge is 0.0952 e. The molecule has 2 nitrogen and oxygen atoms in total. The summed E-state index contributed by atoms with van der Waals surface area (Å²) in [7, 11) is 0. The molecule has 0 amide bonds. The van der Waals surface area contributed by atoms with Crippen molar-refractivity contribution in [3.63, 3.8) is 0 Å². The molecule has 1 heterocycles. The van der Waals surface area contributed by atoms with E-state index in [1.807, 2.05) is 42.5 Å². The van der Waals surface area contributed by atoms with Gasteiger partial charge in [-0.3, -0.25) is 0 Å². The van der Waals surface area contributed by atoms with Crippen LogP contribution in [-0.4, -0.2) is 6.54 Å². The second-order valence-electron chi connectivity index (χ2n) is 4.99. The number of ether oxygens (including phenoxy) is 1. The first-order chi connectivity index (χ1) is 10.7. The number of fused-ring (bicyclic) bond motifs is 1. The molecule has 2 N–H and O–H groups in total. The summed E-state index contributed by atoms with van der Waals surface area (Å²) in [6.45, 7) is 0.933. The predicted octanol–water partition coefficient (Wildman–Crippen LogP) is 5.42. The van der Waals surface area contributed by atoms with Crippen LogP contribution in [0.15, 0.2) is 48.5 Å². The predicted molar refractivity (Wildman–Crippen MR) is 94.9 cm³/mol. The molecule has 0 spiro atoms. The number of nitrogens with two attached hydrogens (primary N) is 1. The van der Waals surface area contributed by atoms with Crippen LogP contribution >= 0.6 is 34.5 Å². The summed E-state index contributed by atoms with van der Waals surface area (Å²) < 4.78 is 7.14. The molecule has 0 aliphatic carbocycles. The SMILES string of the molecule is NC[C@H](OCc1cc2ccc(Cl)cc2s1)c1cccc(Cl)c1. The number of hydrogen-bond acceptors (Lipinski definition) is 3. The fourth-order valence-electron chi connectivity index (χ4n) is 2.32. The highest BCUT2D eigenvalue weighted by Gasteiger charge is 2.12. The molecule has 0 unspecified atom stereocenters. The van der Waals surface area contributed by atoms with Gasteiger partial charge in [0.05, 0.1) is 12.7 Å². The van der Waals surface area contributed by atoms with E-state index in [4.69, 9.17) is 33.7 Å². The Labute approximate surface area is 143 Å². The van der Waals surface area contributed by atoms with Crippen molar-refractivity contribution in [1.29, 1.82) is 0 Å². The molecule has 2 aromatic carbocycles. The highest BCUT2D eigenvalue weighted by Crippen LogP contribution is 2.30. The molecule has 5 heteroatoms. The van der Waals surface area contributed by atoms with Crippen molar-refractivity contribution in [2.75, 3.05) is 6.54 Å². The summed E-state index contributed by atoms with van der Waals surface area (Å²) in [5.41, 5.74) is 6.83. The summed E-state index contributed by atoms with van der Waals surface area (Å²) in [6, 6.07) is 15.6. The van der Waals surface area contributed by atoms with E-state index in [9.17, 15) is 0 Å². The minimum absolute atomic E-state index is 0.160. The first kappa shape index (κ1) is 15.8. The van der Waals surface area contributed by atoms with E-state index in [1.165, 1.54) is 5.39 Å². The third kappa shape index (κ3) is 3.62. The molecule has 0 saturated heterocycles. The Balaban J connectivity index is 1.74. The van der Waals surface area contributed by atoms with Gasteiger partial charge in [0.1, 0.15) is 0 Å². The van der Waals surface area contributed by atoms with Crippen LogP contribution in [-0.2, 0) is 11.3 Å². The van der Waals surface area contributed by atoms with Crippen molar-refractivity contribution in [2.45, 2.75) is 12.7 Å². The largest absolute Gasteiger partial charge is 0.367 e. The van der Waals surface area contributed by atoms with E-state index in [0.717, 1.165) is 20.2 Å². The van der Waals surface area contributed by atoms with Crippen molar-refractivity contribution < 1.29 is 4.74 Å². The summed E-state index contributed by atoms with van der Waals surface area (Å²) in [4.78, 5) is 1.15. The zero-order valence-electron chi connectivity index (χ0n) is 11.8. The van der Waals surface area contributed by atoms with E-state index in [1.54, 1.807) is 11.3 Å². The molecule has 1 atom stereocenters. The Morgan fingerprint density at radius 2 is 1.86 bits per heavy atom. The summed E-state index contributed by atoms with van der Waals surface area (Å²) in [5.74, 6) is 0. The van der Waals surface area contributed by atoms with E-state index in [0.29, 0.717) is 18.2 Å². The highest BCUT2D eigenvalue weighted by atomic mass is 35.5. The minimum Gasteiger partial charge on any atom is -0.367 e. The molecule has 1 aromatic heterocycles. The molecule has 3 rings (SSSR count). The van der Waals surface area contributed by atoms with Crippen LogP contribution in [0.5, 0.6) is 0 Å².